The number of carbonyl (C=O) groups is 1. The van der Waals surface area contributed by atoms with E-state index in [2.05, 4.69) is 10.6 Å². The summed E-state index contributed by atoms with van der Waals surface area (Å²) in [7, 11) is 3.24. The van der Waals surface area contributed by atoms with Crippen molar-refractivity contribution in [1.29, 1.82) is 0 Å². The van der Waals surface area contributed by atoms with Crippen molar-refractivity contribution < 1.29 is 14.3 Å². The Labute approximate surface area is 149 Å². The van der Waals surface area contributed by atoms with Crippen molar-refractivity contribution in [3.63, 3.8) is 0 Å². The van der Waals surface area contributed by atoms with Crippen molar-refractivity contribution in [3.8, 4) is 11.5 Å². The van der Waals surface area contributed by atoms with Crippen LogP contribution in [0.5, 0.6) is 11.5 Å². The molecule has 5 nitrogen and oxygen atoms in total. The van der Waals surface area contributed by atoms with Crippen molar-refractivity contribution in [3.05, 3.63) is 23.8 Å². The molecule has 2 amide bonds. The molecular weight excluding hydrogens is 316 g/mol. The van der Waals surface area contributed by atoms with Crippen LogP contribution < -0.4 is 20.1 Å². The Hall–Kier alpha value is -1.91. The van der Waals surface area contributed by atoms with Crippen LogP contribution >= 0.6 is 0 Å². The van der Waals surface area contributed by atoms with E-state index in [0.717, 1.165) is 23.3 Å². The van der Waals surface area contributed by atoms with Gasteiger partial charge in [0.05, 0.1) is 14.2 Å². The molecule has 4 aliphatic rings. The van der Waals surface area contributed by atoms with Crippen LogP contribution in [0.4, 0.5) is 4.79 Å². The number of nitrogens with one attached hydrogen (secondary N) is 2. The van der Waals surface area contributed by atoms with Gasteiger partial charge in [0, 0.05) is 12.1 Å². The lowest BCUT2D eigenvalue weighted by molar-refractivity contribution is -0.0135. The standard InChI is InChI=1S/C20H28N2O3/c1-24-17-4-3-13(8-18(17)25-2)12-21-19(23)22-20-9-14-5-15(10-20)7-16(6-14)11-20/h3-4,8,14-16H,5-7,9-12H2,1-2H3,(H2,21,22,23). The van der Waals surface area contributed by atoms with E-state index in [4.69, 9.17) is 9.47 Å². The van der Waals surface area contributed by atoms with Crippen molar-refractivity contribution in [2.75, 3.05) is 14.2 Å². The van der Waals surface area contributed by atoms with E-state index in [9.17, 15) is 4.79 Å². The highest BCUT2D eigenvalue weighted by Gasteiger charge is 2.51. The molecule has 0 saturated heterocycles. The summed E-state index contributed by atoms with van der Waals surface area (Å²) in [6, 6.07) is 5.68. The summed E-state index contributed by atoms with van der Waals surface area (Å²) in [5.74, 6) is 3.87. The fraction of sp³-hybridized carbons (Fsp3) is 0.650. The summed E-state index contributed by atoms with van der Waals surface area (Å²) in [6.07, 6.45) is 7.66. The Morgan fingerprint density at radius 1 is 1.04 bits per heavy atom. The average Bonchev–Trinajstić information content (AvgIpc) is 2.58. The number of carbonyl (C=O) groups excluding carboxylic acids is 1. The van der Waals surface area contributed by atoms with E-state index in [0.29, 0.717) is 18.0 Å². The molecule has 0 aliphatic heterocycles. The SMILES string of the molecule is COc1ccc(CNC(=O)NC23CC4CC(CC(C4)C2)C3)cc1OC. The van der Waals surface area contributed by atoms with E-state index in [1.54, 1.807) is 14.2 Å². The van der Waals surface area contributed by atoms with Crippen molar-refractivity contribution in [2.24, 2.45) is 17.8 Å². The van der Waals surface area contributed by atoms with Gasteiger partial charge in [-0.15, -0.1) is 0 Å². The summed E-state index contributed by atoms with van der Waals surface area (Å²) >= 11 is 0. The Morgan fingerprint density at radius 2 is 1.64 bits per heavy atom. The molecule has 1 aromatic rings. The molecule has 4 bridgehead atoms. The van der Waals surface area contributed by atoms with Gasteiger partial charge in [-0.1, -0.05) is 6.07 Å². The lowest BCUT2D eigenvalue weighted by Crippen LogP contribution is -2.61. The molecule has 0 radical (unpaired) electrons. The molecule has 4 aliphatic carbocycles. The Balaban J connectivity index is 1.35. The normalized spacial score (nSPS) is 32.3. The molecule has 5 heteroatoms. The summed E-state index contributed by atoms with van der Waals surface area (Å²) < 4.78 is 10.6. The molecule has 4 saturated carbocycles. The molecule has 25 heavy (non-hydrogen) atoms. The number of amides is 2. The van der Waals surface area contributed by atoms with Crippen LogP contribution in [0.2, 0.25) is 0 Å². The van der Waals surface area contributed by atoms with E-state index >= 15 is 0 Å². The topological polar surface area (TPSA) is 59.6 Å². The predicted octanol–water partition coefficient (Wildman–Crippen LogP) is 3.47. The van der Waals surface area contributed by atoms with E-state index in [1.165, 1.54) is 38.5 Å². The van der Waals surface area contributed by atoms with Gasteiger partial charge < -0.3 is 20.1 Å². The number of benzene rings is 1. The maximum absolute atomic E-state index is 12.5. The highest BCUT2D eigenvalue weighted by Crippen LogP contribution is 2.55. The van der Waals surface area contributed by atoms with Crippen LogP contribution in [0.3, 0.4) is 0 Å². The second-order valence-corrected chi connectivity index (χ2v) is 8.19. The summed E-state index contributed by atoms with van der Waals surface area (Å²) in [6.45, 7) is 0.485. The number of methoxy groups -OCH3 is 2. The van der Waals surface area contributed by atoms with Gasteiger partial charge in [-0.25, -0.2) is 4.79 Å². The molecule has 0 unspecified atom stereocenters. The fourth-order valence-corrected chi connectivity index (χ4v) is 5.72. The first-order valence-electron chi connectivity index (χ1n) is 9.36. The third kappa shape index (κ3) is 3.29. The van der Waals surface area contributed by atoms with Gasteiger partial charge in [0.2, 0.25) is 0 Å². The van der Waals surface area contributed by atoms with Crippen LogP contribution in [-0.4, -0.2) is 25.8 Å². The van der Waals surface area contributed by atoms with Crippen LogP contribution in [0.15, 0.2) is 18.2 Å². The zero-order valence-electron chi connectivity index (χ0n) is 15.1. The van der Waals surface area contributed by atoms with Crippen LogP contribution in [-0.2, 0) is 6.54 Å². The maximum atomic E-state index is 12.5. The first kappa shape index (κ1) is 16.6. The number of ether oxygens (including phenoxy) is 2. The summed E-state index contributed by atoms with van der Waals surface area (Å²) in [5, 5.41) is 6.36. The molecule has 136 valence electrons. The van der Waals surface area contributed by atoms with Gasteiger partial charge in [0.15, 0.2) is 11.5 Å². The quantitative estimate of drug-likeness (QED) is 0.860. The molecular formula is C20H28N2O3. The van der Waals surface area contributed by atoms with Crippen LogP contribution in [0.1, 0.15) is 44.1 Å². The zero-order chi connectivity index (χ0) is 17.4. The fourth-order valence-electron chi connectivity index (χ4n) is 5.72. The summed E-state index contributed by atoms with van der Waals surface area (Å²) in [4.78, 5) is 12.5. The Kier molecular flexibility index (Phi) is 4.26. The second kappa shape index (κ2) is 6.43. The first-order chi connectivity index (χ1) is 12.1. The molecule has 0 spiro atoms. The van der Waals surface area contributed by atoms with Gasteiger partial charge in [-0.05, 0) is 74.0 Å². The molecule has 2 N–H and O–H groups in total. The second-order valence-electron chi connectivity index (χ2n) is 8.19. The highest BCUT2D eigenvalue weighted by atomic mass is 16.5. The number of urea groups is 1. The highest BCUT2D eigenvalue weighted by molar-refractivity contribution is 5.75. The van der Waals surface area contributed by atoms with Crippen molar-refractivity contribution in [1.82, 2.24) is 10.6 Å². The molecule has 5 rings (SSSR count). The minimum absolute atomic E-state index is 0.0447. The number of hydrogen-bond acceptors (Lipinski definition) is 3. The number of hydrogen-bond donors (Lipinski definition) is 2. The van der Waals surface area contributed by atoms with Gasteiger partial charge in [-0.3, -0.25) is 0 Å². The Morgan fingerprint density at radius 3 is 2.20 bits per heavy atom. The number of rotatable bonds is 5. The zero-order valence-corrected chi connectivity index (χ0v) is 15.1. The predicted molar refractivity (Wildman–Crippen MR) is 95.8 cm³/mol. The smallest absolute Gasteiger partial charge is 0.315 e. The molecule has 4 fully saturated rings. The third-order valence-electron chi connectivity index (χ3n) is 6.32. The Bertz CT molecular complexity index is 623. The minimum Gasteiger partial charge on any atom is -0.493 e. The van der Waals surface area contributed by atoms with Gasteiger partial charge in [-0.2, -0.15) is 0 Å². The van der Waals surface area contributed by atoms with Crippen molar-refractivity contribution >= 4 is 6.03 Å². The third-order valence-corrected chi connectivity index (χ3v) is 6.32. The maximum Gasteiger partial charge on any atom is 0.315 e. The van der Waals surface area contributed by atoms with E-state index < -0.39 is 0 Å². The van der Waals surface area contributed by atoms with Crippen molar-refractivity contribution in [2.45, 2.75) is 50.6 Å². The lowest BCUT2D eigenvalue weighted by atomic mass is 9.53. The lowest BCUT2D eigenvalue weighted by Gasteiger charge is -2.56. The molecule has 0 atom stereocenters. The van der Waals surface area contributed by atoms with Gasteiger partial charge in [0.25, 0.3) is 0 Å². The molecule has 0 aromatic heterocycles. The van der Waals surface area contributed by atoms with Crippen LogP contribution in [0.25, 0.3) is 0 Å². The monoisotopic (exact) mass is 344 g/mol. The first-order valence-corrected chi connectivity index (χ1v) is 9.36. The average molecular weight is 344 g/mol. The summed E-state index contributed by atoms with van der Waals surface area (Å²) in [5.41, 5.74) is 1.05. The van der Waals surface area contributed by atoms with E-state index in [1.807, 2.05) is 18.2 Å². The minimum atomic E-state index is -0.0447. The molecule has 0 heterocycles. The largest absolute Gasteiger partial charge is 0.493 e. The van der Waals surface area contributed by atoms with Crippen LogP contribution in [0, 0.1) is 17.8 Å². The van der Waals surface area contributed by atoms with Gasteiger partial charge >= 0.3 is 6.03 Å². The van der Waals surface area contributed by atoms with E-state index in [-0.39, 0.29) is 11.6 Å². The molecule has 1 aromatic carbocycles. The van der Waals surface area contributed by atoms with Gasteiger partial charge in [0.1, 0.15) is 0 Å².